The van der Waals surface area contributed by atoms with Gasteiger partial charge in [0.25, 0.3) is 0 Å². The topological polar surface area (TPSA) is 67.8 Å². The predicted molar refractivity (Wildman–Crippen MR) is 53.3 cm³/mol. The molecule has 1 rings (SSSR count). The number of carbonyl (C=O) groups is 1. The highest BCUT2D eigenvalue weighted by Crippen LogP contribution is 2.12. The third kappa shape index (κ3) is 3.77. The number of nitrogens with one attached hydrogen (secondary N) is 1. The van der Waals surface area contributed by atoms with Crippen LogP contribution in [0.2, 0.25) is 0 Å². The maximum atomic E-state index is 11.0. The van der Waals surface area contributed by atoms with E-state index in [0.29, 0.717) is 16.5 Å². The first-order valence-corrected chi connectivity index (χ1v) is 6.13. The Morgan fingerprint density at radius 3 is 3.15 bits per heavy atom. The van der Waals surface area contributed by atoms with Crippen LogP contribution in [0, 0.1) is 0 Å². The highest BCUT2D eigenvalue weighted by Gasteiger charge is 2.14. The third-order valence-electron chi connectivity index (χ3n) is 1.30. The number of amides is 1. The van der Waals surface area contributed by atoms with E-state index < -0.39 is 16.9 Å². The molecule has 0 aliphatic carbocycles. The number of hydrogen-bond donors (Lipinski definition) is 1. The van der Waals surface area contributed by atoms with Gasteiger partial charge in [0.2, 0.25) is 0 Å². The minimum Gasteiger partial charge on any atom is -0.323 e. The Kier molecular flexibility index (Phi) is 4.23. The summed E-state index contributed by atoms with van der Waals surface area (Å²) in [5.74, 6) is 1.84. The van der Waals surface area contributed by atoms with Gasteiger partial charge in [-0.05, 0) is 0 Å². The van der Waals surface area contributed by atoms with Gasteiger partial charge in [0.15, 0.2) is 0 Å². The fourth-order valence-corrected chi connectivity index (χ4v) is 3.30. The zero-order chi connectivity index (χ0) is 9.68. The van der Waals surface area contributed by atoms with Crippen LogP contribution in [0.15, 0.2) is 5.16 Å². The van der Waals surface area contributed by atoms with Gasteiger partial charge < -0.3 is 5.32 Å². The van der Waals surface area contributed by atoms with Gasteiger partial charge >= 0.3 is 6.09 Å². The molecular weight excluding hydrogens is 212 g/mol. The molecule has 0 radical (unpaired) electrons. The Morgan fingerprint density at radius 2 is 2.54 bits per heavy atom. The van der Waals surface area contributed by atoms with Crippen LogP contribution < -0.4 is 5.32 Å². The van der Waals surface area contributed by atoms with E-state index in [0.717, 1.165) is 5.75 Å². The van der Waals surface area contributed by atoms with Gasteiger partial charge in [-0.1, -0.05) is 5.16 Å². The summed E-state index contributed by atoms with van der Waals surface area (Å²) in [4.78, 5) is 15.1. The summed E-state index contributed by atoms with van der Waals surface area (Å²) in [5.41, 5.74) is 0. The number of rotatable bonds is 1. The summed E-state index contributed by atoms with van der Waals surface area (Å²) in [6.45, 7) is 0. The molecular formula is C6H10N2O3S2. The van der Waals surface area contributed by atoms with Gasteiger partial charge in [-0.15, -0.1) is 11.8 Å². The first-order valence-electron chi connectivity index (χ1n) is 3.65. The van der Waals surface area contributed by atoms with E-state index in [1.54, 1.807) is 0 Å². The molecule has 7 heteroatoms. The molecule has 1 N–H and O–H groups in total. The number of thioether (sulfide) groups is 1. The van der Waals surface area contributed by atoms with Gasteiger partial charge in [0.1, 0.15) is 5.04 Å². The van der Waals surface area contributed by atoms with Crippen molar-refractivity contribution >= 4 is 33.7 Å². The summed E-state index contributed by atoms with van der Waals surface area (Å²) in [5, 5.41) is 6.46. The molecule has 1 heterocycles. The van der Waals surface area contributed by atoms with E-state index in [2.05, 4.69) is 15.3 Å². The lowest BCUT2D eigenvalue weighted by molar-refractivity contribution is 0.153. The lowest BCUT2D eigenvalue weighted by atomic mass is 10.9. The molecule has 0 aromatic heterocycles. The van der Waals surface area contributed by atoms with E-state index in [4.69, 9.17) is 0 Å². The smallest absolute Gasteiger partial charge is 0.323 e. The average molecular weight is 222 g/mol. The minimum absolute atomic E-state index is 0.391. The number of oxime groups is 1. The van der Waals surface area contributed by atoms with Crippen LogP contribution in [0.4, 0.5) is 4.79 Å². The average Bonchev–Trinajstić information content (AvgIpc) is 2.14. The van der Waals surface area contributed by atoms with Crippen molar-refractivity contribution in [3.8, 4) is 0 Å². The molecule has 1 saturated heterocycles. The van der Waals surface area contributed by atoms with Gasteiger partial charge in [0, 0.05) is 29.4 Å². The first kappa shape index (κ1) is 10.5. The predicted octanol–water partition coefficient (Wildman–Crippen LogP) is 0.151. The van der Waals surface area contributed by atoms with Gasteiger partial charge in [-0.25, -0.2) is 4.79 Å². The zero-order valence-corrected chi connectivity index (χ0v) is 8.74. The van der Waals surface area contributed by atoms with Crippen LogP contribution in [0.3, 0.4) is 0 Å². The first-order chi connectivity index (χ1) is 6.22. The standard InChI is InChI=1S/C6H10N2O3S2/c1-7-6(9)11-8-5-4-13(10)3-2-12-5/h2-4H2,1H3,(H,7,9)/b8-5+. The number of nitrogens with zero attached hydrogens (tertiary/aromatic N) is 1. The van der Waals surface area contributed by atoms with E-state index in [-0.39, 0.29) is 0 Å². The van der Waals surface area contributed by atoms with Crippen LogP contribution in [-0.4, -0.2) is 39.7 Å². The van der Waals surface area contributed by atoms with Crippen molar-refractivity contribution < 1.29 is 13.8 Å². The Morgan fingerprint density at radius 1 is 1.77 bits per heavy atom. The van der Waals surface area contributed by atoms with E-state index in [1.165, 1.54) is 18.8 Å². The maximum absolute atomic E-state index is 11.0. The molecule has 0 aromatic carbocycles. The molecule has 1 amide bonds. The third-order valence-corrected chi connectivity index (χ3v) is 3.96. The monoisotopic (exact) mass is 222 g/mol. The quantitative estimate of drug-likeness (QED) is 0.506. The van der Waals surface area contributed by atoms with Crippen molar-refractivity contribution in [2.45, 2.75) is 0 Å². The molecule has 1 aliphatic rings. The molecule has 1 unspecified atom stereocenters. The molecule has 1 fully saturated rings. The molecule has 1 aliphatic heterocycles. The summed E-state index contributed by atoms with van der Waals surface area (Å²) in [6, 6.07) is 0. The second-order valence-electron chi connectivity index (χ2n) is 2.25. The Labute approximate surface area is 82.7 Å². The fraction of sp³-hybridized carbons (Fsp3) is 0.667. The van der Waals surface area contributed by atoms with Crippen molar-refractivity contribution in [1.29, 1.82) is 0 Å². The second-order valence-corrected chi connectivity index (χ2v) is 5.00. The van der Waals surface area contributed by atoms with Crippen LogP contribution >= 0.6 is 11.8 Å². The molecule has 5 nitrogen and oxygen atoms in total. The summed E-state index contributed by atoms with van der Waals surface area (Å²) in [7, 11) is 0.603. The van der Waals surface area contributed by atoms with Gasteiger partial charge in [-0.2, -0.15) is 0 Å². The summed E-state index contributed by atoms with van der Waals surface area (Å²) >= 11 is 1.47. The summed E-state index contributed by atoms with van der Waals surface area (Å²) < 4.78 is 11.0. The van der Waals surface area contributed by atoms with Gasteiger partial charge in [0.05, 0.1) is 5.75 Å². The Balaban J connectivity index is 2.41. The minimum atomic E-state index is -0.850. The van der Waals surface area contributed by atoms with Crippen molar-refractivity contribution in [2.75, 3.05) is 24.3 Å². The van der Waals surface area contributed by atoms with Crippen LogP contribution in [-0.2, 0) is 15.6 Å². The fourth-order valence-electron chi connectivity index (χ4n) is 0.695. The zero-order valence-electron chi connectivity index (χ0n) is 7.11. The SMILES string of the molecule is CNC(=O)O/N=C1\CS(=O)CCS1. The van der Waals surface area contributed by atoms with Gasteiger partial charge in [-0.3, -0.25) is 9.05 Å². The van der Waals surface area contributed by atoms with Crippen molar-refractivity contribution in [3.63, 3.8) is 0 Å². The van der Waals surface area contributed by atoms with E-state index in [9.17, 15) is 9.00 Å². The summed E-state index contributed by atoms with van der Waals surface area (Å²) in [6.07, 6.45) is -0.607. The highest BCUT2D eigenvalue weighted by atomic mass is 32.2. The number of carbonyl (C=O) groups excluding carboxylic acids is 1. The lowest BCUT2D eigenvalue weighted by Crippen LogP contribution is -2.21. The molecule has 0 aromatic rings. The molecule has 13 heavy (non-hydrogen) atoms. The van der Waals surface area contributed by atoms with E-state index >= 15 is 0 Å². The number of hydrogen-bond acceptors (Lipinski definition) is 5. The molecule has 0 spiro atoms. The lowest BCUT2D eigenvalue weighted by Gasteiger charge is -2.10. The molecule has 74 valence electrons. The van der Waals surface area contributed by atoms with Crippen molar-refractivity contribution in [1.82, 2.24) is 5.32 Å². The maximum Gasteiger partial charge on any atom is 0.433 e. The van der Waals surface area contributed by atoms with Crippen LogP contribution in [0.1, 0.15) is 0 Å². The van der Waals surface area contributed by atoms with Crippen molar-refractivity contribution in [2.24, 2.45) is 5.16 Å². The van der Waals surface area contributed by atoms with Crippen LogP contribution in [0.25, 0.3) is 0 Å². The largest absolute Gasteiger partial charge is 0.433 e. The van der Waals surface area contributed by atoms with E-state index in [1.807, 2.05) is 0 Å². The molecule has 0 saturated carbocycles. The molecule has 0 bridgehead atoms. The normalized spacial score (nSPS) is 25.6. The molecule has 1 atom stereocenters. The Bertz CT molecular complexity index is 254. The van der Waals surface area contributed by atoms with Crippen LogP contribution in [0.5, 0.6) is 0 Å². The highest BCUT2D eigenvalue weighted by molar-refractivity contribution is 8.16. The van der Waals surface area contributed by atoms with Crippen molar-refractivity contribution in [3.05, 3.63) is 0 Å². The Hall–Kier alpha value is -0.560. The second kappa shape index (κ2) is 5.23.